The average Bonchev–Trinajstić information content (AvgIpc) is 2.73. The molecule has 2 aromatic rings. The second-order valence-corrected chi connectivity index (χ2v) is 4.65. The van der Waals surface area contributed by atoms with Crippen molar-refractivity contribution in [2.45, 2.75) is 32.8 Å². The Kier molecular flexibility index (Phi) is 3.85. The summed E-state index contributed by atoms with van der Waals surface area (Å²) >= 11 is 0. The molecule has 0 radical (unpaired) electrons. The second-order valence-electron chi connectivity index (χ2n) is 4.65. The lowest BCUT2D eigenvalue weighted by atomic mass is 10.00. The van der Waals surface area contributed by atoms with Gasteiger partial charge in [-0.15, -0.1) is 0 Å². The van der Waals surface area contributed by atoms with E-state index >= 15 is 0 Å². The Hall–Kier alpha value is -1.88. The van der Waals surface area contributed by atoms with Crippen LogP contribution in [0.5, 0.6) is 0 Å². The maximum atomic E-state index is 12.3. The first-order valence-electron chi connectivity index (χ1n) is 6.39. The molecule has 5 heteroatoms. The minimum Gasteiger partial charge on any atom is -0.407 e. The highest BCUT2D eigenvalue weighted by molar-refractivity contribution is 5.90. The molecular weight excluding hydrogens is 246 g/mol. The molecule has 1 aromatic carbocycles. The molecule has 1 heterocycles. The van der Waals surface area contributed by atoms with Gasteiger partial charge in [0, 0.05) is 0 Å². The minimum absolute atomic E-state index is 0.373. The molecule has 0 bridgehead atoms. The maximum Gasteiger partial charge on any atom is 0.426 e. The fourth-order valence-corrected chi connectivity index (χ4v) is 2.09. The zero-order chi connectivity index (χ0) is 14.0. The lowest BCUT2D eigenvalue weighted by Crippen LogP contribution is -2.34. The number of para-hydroxylation sites is 2. The van der Waals surface area contributed by atoms with E-state index in [1.54, 1.807) is 31.2 Å². The van der Waals surface area contributed by atoms with Crippen LogP contribution in [0.15, 0.2) is 33.5 Å². The number of aromatic nitrogens is 1. The fourth-order valence-electron chi connectivity index (χ4n) is 2.09. The van der Waals surface area contributed by atoms with Crippen molar-refractivity contribution in [1.29, 1.82) is 0 Å². The van der Waals surface area contributed by atoms with Gasteiger partial charge in [-0.3, -0.25) is 4.79 Å². The van der Waals surface area contributed by atoms with Crippen molar-refractivity contribution in [3.05, 3.63) is 34.8 Å². The second kappa shape index (κ2) is 5.40. The van der Waals surface area contributed by atoms with Gasteiger partial charge in [0.15, 0.2) is 5.58 Å². The molecule has 2 atom stereocenters. The van der Waals surface area contributed by atoms with E-state index in [0.717, 1.165) is 11.0 Å². The third-order valence-corrected chi connectivity index (χ3v) is 3.26. The number of rotatable bonds is 4. The summed E-state index contributed by atoms with van der Waals surface area (Å²) in [6, 6.07) is 6.74. The average molecular weight is 263 g/mol. The van der Waals surface area contributed by atoms with Crippen LogP contribution in [0.3, 0.4) is 0 Å². The lowest BCUT2D eigenvalue weighted by Gasteiger charge is -2.16. The number of aliphatic hydroxyl groups excluding tert-OH is 1. The third-order valence-electron chi connectivity index (χ3n) is 3.26. The molecule has 0 aliphatic heterocycles. The van der Waals surface area contributed by atoms with Crippen molar-refractivity contribution in [2.24, 2.45) is 5.92 Å². The number of aliphatic hydroxyl groups is 1. The lowest BCUT2D eigenvalue weighted by molar-refractivity contribution is 0.0605. The molecular formula is C14H17NO4. The molecule has 19 heavy (non-hydrogen) atoms. The van der Waals surface area contributed by atoms with Crippen LogP contribution in [0.1, 0.15) is 31.5 Å². The van der Waals surface area contributed by atoms with Gasteiger partial charge in [0.1, 0.15) is 0 Å². The zero-order valence-electron chi connectivity index (χ0n) is 11.0. The summed E-state index contributed by atoms with van der Waals surface area (Å²) in [5.74, 6) is -1.78. The molecule has 0 fully saturated rings. The molecule has 102 valence electrons. The third kappa shape index (κ3) is 2.46. The predicted octanol–water partition coefficient (Wildman–Crippen LogP) is 2.03. The first-order valence-corrected chi connectivity index (χ1v) is 6.39. The normalized spacial score (nSPS) is 14.5. The van der Waals surface area contributed by atoms with Gasteiger partial charge in [-0.25, -0.2) is 9.36 Å². The number of oxazole rings is 1. The largest absolute Gasteiger partial charge is 0.426 e. The molecule has 0 amide bonds. The molecule has 1 N–H and O–H groups in total. The number of hydrogen-bond acceptors (Lipinski definition) is 4. The van der Waals surface area contributed by atoms with E-state index in [1.807, 2.05) is 6.92 Å². The molecule has 2 unspecified atom stereocenters. The highest BCUT2D eigenvalue weighted by Crippen LogP contribution is 2.16. The van der Waals surface area contributed by atoms with Crippen LogP contribution in [0.4, 0.5) is 0 Å². The van der Waals surface area contributed by atoms with E-state index < -0.39 is 23.7 Å². The Labute approximate surface area is 110 Å². The standard InChI is InChI=1S/C14H17NO4/c1-3-6-11(16)9(2)13(17)15-10-7-4-5-8-12(10)19-14(15)18/h4-5,7-9,11,16H,3,6H2,1-2H3. The van der Waals surface area contributed by atoms with Crippen LogP contribution in [0, 0.1) is 5.92 Å². The molecule has 5 nitrogen and oxygen atoms in total. The Balaban J connectivity index is 2.41. The maximum absolute atomic E-state index is 12.3. The van der Waals surface area contributed by atoms with E-state index in [1.165, 1.54) is 0 Å². The van der Waals surface area contributed by atoms with Crippen molar-refractivity contribution in [2.75, 3.05) is 0 Å². The number of benzene rings is 1. The van der Waals surface area contributed by atoms with Crippen molar-refractivity contribution < 1.29 is 14.3 Å². The van der Waals surface area contributed by atoms with Gasteiger partial charge >= 0.3 is 5.76 Å². The van der Waals surface area contributed by atoms with Crippen LogP contribution in [-0.4, -0.2) is 21.7 Å². The molecule has 0 aliphatic rings. The van der Waals surface area contributed by atoms with Crippen LogP contribution < -0.4 is 5.76 Å². The number of fused-ring (bicyclic) bond motifs is 1. The number of nitrogens with zero attached hydrogens (tertiary/aromatic N) is 1. The summed E-state index contributed by atoms with van der Waals surface area (Å²) in [4.78, 5) is 24.1. The first-order chi connectivity index (χ1) is 9.06. The van der Waals surface area contributed by atoms with Gasteiger partial charge in [0.25, 0.3) is 0 Å². The van der Waals surface area contributed by atoms with Gasteiger partial charge in [-0.1, -0.05) is 32.4 Å². The van der Waals surface area contributed by atoms with Crippen molar-refractivity contribution in [1.82, 2.24) is 4.57 Å². The molecule has 2 rings (SSSR count). The Bertz CT molecular complexity index is 640. The summed E-state index contributed by atoms with van der Waals surface area (Å²) in [5.41, 5.74) is 0.811. The van der Waals surface area contributed by atoms with E-state index in [0.29, 0.717) is 17.5 Å². The predicted molar refractivity (Wildman–Crippen MR) is 71.2 cm³/mol. The van der Waals surface area contributed by atoms with Crippen molar-refractivity contribution >= 4 is 17.0 Å². The van der Waals surface area contributed by atoms with Crippen LogP contribution in [-0.2, 0) is 0 Å². The quantitative estimate of drug-likeness (QED) is 0.916. The first kappa shape index (κ1) is 13.5. The van der Waals surface area contributed by atoms with Gasteiger partial charge in [0.05, 0.1) is 17.5 Å². The van der Waals surface area contributed by atoms with Crippen LogP contribution >= 0.6 is 0 Å². The van der Waals surface area contributed by atoms with Crippen LogP contribution in [0.2, 0.25) is 0 Å². The summed E-state index contributed by atoms with van der Waals surface area (Å²) in [6.07, 6.45) is 0.551. The summed E-state index contributed by atoms with van der Waals surface area (Å²) in [5, 5.41) is 9.88. The van der Waals surface area contributed by atoms with E-state index in [-0.39, 0.29) is 0 Å². The molecule has 0 saturated carbocycles. The van der Waals surface area contributed by atoms with Gasteiger partial charge < -0.3 is 9.52 Å². The van der Waals surface area contributed by atoms with E-state index in [9.17, 15) is 14.7 Å². The SMILES string of the molecule is CCCC(O)C(C)C(=O)n1c(=O)oc2ccccc21. The summed E-state index contributed by atoms with van der Waals surface area (Å²) < 4.78 is 6.01. The molecule has 0 aliphatic carbocycles. The van der Waals surface area contributed by atoms with Gasteiger partial charge in [-0.05, 0) is 18.6 Å². The van der Waals surface area contributed by atoms with Gasteiger partial charge in [-0.2, -0.15) is 0 Å². The Morgan fingerprint density at radius 1 is 1.42 bits per heavy atom. The van der Waals surface area contributed by atoms with E-state index in [4.69, 9.17) is 4.42 Å². The number of carbonyl (C=O) groups excluding carboxylic acids is 1. The zero-order valence-corrected chi connectivity index (χ0v) is 11.0. The smallest absolute Gasteiger partial charge is 0.407 e. The highest BCUT2D eigenvalue weighted by atomic mass is 16.4. The topological polar surface area (TPSA) is 72.4 Å². The van der Waals surface area contributed by atoms with Gasteiger partial charge in [0.2, 0.25) is 5.91 Å². The Morgan fingerprint density at radius 2 is 2.11 bits per heavy atom. The molecule has 0 saturated heterocycles. The number of hydrogen-bond donors (Lipinski definition) is 1. The minimum atomic E-state index is -0.752. The highest BCUT2D eigenvalue weighted by Gasteiger charge is 2.26. The monoisotopic (exact) mass is 263 g/mol. The summed E-state index contributed by atoms with van der Waals surface area (Å²) in [7, 11) is 0. The summed E-state index contributed by atoms with van der Waals surface area (Å²) in [6.45, 7) is 3.55. The molecule has 0 spiro atoms. The van der Waals surface area contributed by atoms with Crippen molar-refractivity contribution in [3.8, 4) is 0 Å². The number of carbonyl (C=O) groups is 1. The molecule has 1 aromatic heterocycles. The van der Waals surface area contributed by atoms with Crippen LogP contribution in [0.25, 0.3) is 11.1 Å². The van der Waals surface area contributed by atoms with E-state index in [2.05, 4.69) is 0 Å². The van der Waals surface area contributed by atoms with Crippen molar-refractivity contribution in [3.63, 3.8) is 0 Å². The Morgan fingerprint density at radius 3 is 2.79 bits per heavy atom. The fraction of sp³-hybridized carbons (Fsp3) is 0.429.